The van der Waals surface area contributed by atoms with E-state index < -0.39 is 0 Å². The fourth-order valence-electron chi connectivity index (χ4n) is 5.10. The zero-order chi connectivity index (χ0) is 19.5. The summed E-state index contributed by atoms with van der Waals surface area (Å²) in [5.74, 6) is 0.645. The van der Waals surface area contributed by atoms with Crippen LogP contribution in [0.5, 0.6) is 0 Å². The van der Waals surface area contributed by atoms with Crippen LogP contribution in [0.4, 0.5) is 0 Å². The molecule has 3 aliphatic heterocycles. The molecule has 7 heteroatoms. The maximum atomic E-state index is 12.8. The first-order chi connectivity index (χ1) is 13.7. The highest BCUT2D eigenvalue weighted by Gasteiger charge is 2.35. The normalized spacial score (nSPS) is 24.7. The smallest absolute Gasteiger partial charge is 0.272 e. The van der Waals surface area contributed by atoms with E-state index in [0.717, 1.165) is 77.8 Å². The van der Waals surface area contributed by atoms with E-state index >= 15 is 0 Å². The molecule has 0 radical (unpaired) electrons. The lowest BCUT2D eigenvalue weighted by molar-refractivity contribution is -0.136. The zero-order valence-electron chi connectivity index (χ0n) is 17.1. The molecule has 3 aliphatic rings. The van der Waals surface area contributed by atoms with Gasteiger partial charge in [-0.25, -0.2) is 0 Å². The highest BCUT2D eigenvalue weighted by Crippen LogP contribution is 2.26. The Morgan fingerprint density at radius 2 is 1.75 bits per heavy atom. The summed E-state index contributed by atoms with van der Waals surface area (Å²) in [7, 11) is 0. The fraction of sp³-hybridized carbons (Fsp3) is 0.762. The molecule has 1 aromatic heterocycles. The zero-order valence-corrected chi connectivity index (χ0v) is 17.1. The van der Waals surface area contributed by atoms with Crippen LogP contribution in [-0.4, -0.2) is 81.6 Å². The Labute approximate surface area is 167 Å². The summed E-state index contributed by atoms with van der Waals surface area (Å²) >= 11 is 0. The number of piperidine rings is 2. The van der Waals surface area contributed by atoms with E-state index in [1.54, 1.807) is 10.9 Å². The average Bonchev–Trinajstić information content (AvgIpc) is 3.45. The molecule has 1 atom stereocenters. The quantitative estimate of drug-likeness (QED) is 0.791. The predicted molar refractivity (Wildman–Crippen MR) is 107 cm³/mol. The molecule has 3 fully saturated rings. The molecule has 0 saturated carbocycles. The Balaban J connectivity index is 1.31. The van der Waals surface area contributed by atoms with Crippen molar-refractivity contribution < 1.29 is 9.59 Å². The molecule has 4 rings (SSSR count). The molecule has 1 unspecified atom stereocenters. The average molecular weight is 388 g/mol. The van der Waals surface area contributed by atoms with Crippen LogP contribution in [0.2, 0.25) is 0 Å². The topological polar surface area (TPSA) is 61.7 Å². The molecular weight excluding hydrogens is 354 g/mol. The van der Waals surface area contributed by atoms with Crippen molar-refractivity contribution in [2.45, 2.75) is 58.0 Å². The number of likely N-dealkylation sites (tertiary alicyclic amines) is 3. The largest absolute Gasteiger partial charge is 0.342 e. The first-order valence-electron chi connectivity index (χ1n) is 11.0. The molecule has 2 amide bonds. The third kappa shape index (κ3) is 3.95. The summed E-state index contributed by atoms with van der Waals surface area (Å²) in [5.41, 5.74) is 0.690. The van der Waals surface area contributed by atoms with Gasteiger partial charge in [0.15, 0.2) is 0 Å². The van der Waals surface area contributed by atoms with Gasteiger partial charge in [-0.2, -0.15) is 5.10 Å². The van der Waals surface area contributed by atoms with Gasteiger partial charge in [-0.05, 0) is 58.1 Å². The van der Waals surface area contributed by atoms with Crippen LogP contribution in [-0.2, 0) is 11.3 Å². The number of hydrogen-bond donors (Lipinski definition) is 0. The van der Waals surface area contributed by atoms with Crippen molar-refractivity contribution in [2.75, 3.05) is 39.3 Å². The molecule has 154 valence electrons. The molecule has 0 bridgehead atoms. The minimum absolute atomic E-state index is 0.0959. The van der Waals surface area contributed by atoms with Gasteiger partial charge in [0.05, 0.1) is 5.92 Å². The van der Waals surface area contributed by atoms with Crippen molar-refractivity contribution in [2.24, 2.45) is 5.92 Å². The van der Waals surface area contributed by atoms with Gasteiger partial charge in [-0.15, -0.1) is 0 Å². The van der Waals surface area contributed by atoms with Crippen molar-refractivity contribution in [3.8, 4) is 0 Å². The number of hydrogen-bond acceptors (Lipinski definition) is 4. The van der Waals surface area contributed by atoms with Crippen LogP contribution in [0, 0.1) is 5.92 Å². The summed E-state index contributed by atoms with van der Waals surface area (Å²) in [6, 6.07) is 2.31. The lowest BCUT2D eigenvalue weighted by atomic mass is 9.93. The molecule has 4 heterocycles. The first kappa shape index (κ1) is 19.4. The number of carbonyl (C=O) groups excluding carboxylic acids is 2. The SMILES string of the molecule is CCn1nccc1C(=O)N1CCC(N2CCCC(C(=O)N3CCCC3)C2)CC1. The first-order valence-corrected chi connectivity index (χ1v) is 11.0. The molecule has 0 N–H and O–H groups in total. The number of aromatic nitrogens is 2. The Bertz CT molecular complexity index is 689. The standard InChI is InChI=1S/C21H33N5O2/c1-2-26-19(7-10-22-26)21(28)24-14-8-18(9-15-24)25-13-5-6-17(16-25)20(27)23-11-3-4-12-23/h7,10,17-18H,2-6,8-9,11-16H2,1H3. The van der Waals surface area contributed by atoms with Gasteiger partial charge in [0.2, 0.25) is 5.91 Å². The third-order valence-electron chi connectivity index (χ3n) is 6.72. The van der Waals surface area contributed by atoms with Crippen LogP contribution < -0.4 is 0 Å². The van der Waals surface area contributed by atoms with Crippen LogP contribution in [0.3, 0.4) is 0 Å². The second-order valence-corrected chi connectivity index (χ2v) is 8.42. The summed E-state index contributed by atoms with van der Waals surface area (Å²) in [6.45, 7) is 8.19. The van der Waals surface area contributed by atoms with E-state index in [4.69, 9.17) is 0 Å². The van der Waals surface area contributed by atoms with Gasteiger partial charge in [-0.3, -0.25) is 19.2 Å². The monoisotopic (exact) mass is 387 g/mol. The van der Waals surface area contributed by atoms with Crippen LogP contribution >= 0.6 is 0 Å². The van der Waals surface area contributed by atoms with Gasteiger partial charge in [-0.1, -0.05) is 0 Å². The Morgan fingerprint density at radius 1 is 1.00 bits per heavy atom. The van der Waals surface area contributed by atoms with Gasteiger partial charge in [0.1, 0.15) is 5.69 Å². The molecule has 1 aromatic rings. The second kappa shape index (κ2) is 8.64. The molecule has 3 saturated heterocycles. The van der Waals surface area contributed by atoms with Crippen molar-refractivity contribution in [3.63, 3.8) is 0 Å². The summed E-state index contributed by atoms with van der Waals surface area (Å²) < 4.78 is 1.77. The Morgan fingerprint density at radius 3 is 2.46 bits per heavy atom. The summed E-state index contributed by atoms with van der Waals surface area (Å²) in [5, 5.41) is 4.22. The van der Waals surface area contributed by atoms with Gasteiger partial charge >= 0.3 is 0 Å². The number of amides is 2. The maximum absolute atomic E-state index is 12.8. The molecule has 0 aliphatic carbocycles. The van der Waals surface area contributed by atoms with E-state index in [1.165, 1.54) is 0 Å². The van der Waals surface area contributed by atoms with Crippen LogP contribution in [0.15, 0.2) is 12.3 Å². The van der Waals surface area contributed by atoms with E-state index in [9.17, 15) is 9.59 Å². The highest BCUT2D eigenvalue weighted by molar-refractivity contribution is 5.92. The van der Waals surface area contributed by atoms with E-state index in [1.807, 2.05) is 17.9 Å². The predicted octanol–water partition coefficient (Wildman–Crippen LogP) is 1.84. The lowest BCUT2D eigenvalue weighted by Gasteiger charge is -2.42. The van der Waals surface area contributed by atoms with E-state index in [0.29, 0.717) is 24.2 Å². The molecule has 28 heavy (non-hydrogen) atoms. The van der Waals surface area contributed by atoms with Crippen molar-refractivity contribution in [1.29, 1.82) is 0 Å². The molecule has 0 aromatic carbocycles. The van der Waals surface area contributed by atoms with E-state index in [-0.39, 0.29) is 11.8 Å². The van der Waals surface area contributed by atoms with E-state index in [2.05, 4.69) is 14.9 Å². The van der Waals surface area contributed by atoms with Crippen molar-refractivity contribution >= 4 is 11.8 Å². The number of rotatable bonds is 4. The minimum Gasteiger partial charge on any atom is -0.342 e. The van der Waals surface area contributed by atoms with Gasteiger partial charge < -0.3 is 9.80 Å². The molecular formula is C21H33N5O2. The fourth-order valence-corrected chi connectivity index (χ4v) is 5.10. The van der Waals surface area contributed by atoms with Gasteiger partial charge in [0.25, 0.3) is 5.91 Å². The van der Waals surface area contributed by atoms with Crippen LogP contribution in [0.1, 0.15) is 55.9 Å². The Hall–Kier alpha value is -1.89. The number of carbonyl (C=O) groups is 2. The Kier molecular flexibility index (Phi) is 5.99. The third-order valence-corrected chi connectivity index (χ3v) is 6.72. The number of aryl methyl sites for hydroxylation is 1. The molecule has 0 spiro atoms. The lowest BCUT2D eigenvalue weighted by Crippen LogP contribution is -2.51. The maximum Gasteiger partial charge on any atom is 0.272 e. The summed E-state index contributed by atoms with van der Waals surface area (Å²) in [4.78, 5) is 32.2. The second-order valence-electron chi connectivity index (χ2n) is 8.42. The minimum atomic E-state index is 0.0959. The van der Waals surface area contributed by atoms with Crippen molar-refractivity contribution in [1.82, 2.24) is 24.5 Å². The molecule has 7 nitrogen and oxygen atoms in total. The number of nitrogens with zero attached hydrogens (tertiary/aromatic N) is 5. The van der Waals surface area contributed by atoms with Crippen LogP contribution in [0.25, 0.3) is 0 Å². The highest BCUT2D eigenvalue weighted by atomic mass is 16.2. The van der Waals surface area contributed by atoms with Crippen molar-refractivity contribution in [3.05, 3.63) is 18.0 Å². The van der Waals surface area contributed by atoms with Gasteiger partial charge in [0, 0.05) is 51.5 Å². The summed E-state index contributed by atoms with van der Waals surface area (Å²) in [6.07, 6.45) is 8.16.